The molecule has 0 radical (unpaired) electrons. The minimum absolute atomic E-state index is 0.0941. The maximum Gasteiger partial charge on any atom is 0.190 e. The summed E-state index contributed by atoms with van der Waals surface area (Å²) < 4.78 is 5.57. The third kappa shape index (κ3) is 1.84. The summed E-state index contributed by atoms with van der Waals surface area (Å²) in [6.45, 7) is 7.30. The smallest absolute Gasteiger partial charge is 0.190 e. The molecule has 0 saturated heterocycles. The molecule has 2 atom stereocenters. The first-order valence-electron chi connectivity index (χ1n) is 8.27. The van der Waals surface area contributed by atoms with Crippen LogP contribution in [-0.2, 0) is 5.41 Å². The predicted octanol–water partition coefficient (Wildman–Crippen LogP) is 3.63. The first kappa shape index (κ1) is 16.0. The second-order valence-electron chi connectivity index (χ2n) is 7.33. The lowest BCUT2D eigenvalue weighted by molar-refractivity contribution is 0.102. The number of aryl methyl sites for hydroxylation is 1. The van der Waals surface area contributed by atoms with Crippen LogP contribution in [0.5, 0.6) is 11.5 Å². The lowest BCUT2D eigenvalue weighted by Crippen LogP contribution is -2.39. The van der Waals surface area contributed by atoms with Gasteiger partial charge in [0.2, 0.25) is 0 Å². The Bertz CT molecular complexity index is 1020. The minimum atomic E-state index is -0.789. The van der Waals surface area contributed by atoms with E-state index < -0.39 is 11.5 Å². The number of furan rings is 1. The standard InChI is InChI=1S/C20H20O5/c1-8-5-11-17(23)15-13(21)6-12-9(2)10(3)14(22)7-20(12,4)16(15)18(24)19(11)25-8/h5-6,14,22-24H,7H2,1-4H3/t14-,20+/m1/s1. The van der Waals surface area contributed by atoms with E-state index in [1.165, 1.54) is 6.08 Å². The summed E-state index contributed by atoms with van der Waals surface area (Å²) in [5.41, 5.74) is 2.24. The number of carbonyl (C=O) groups excluding carboxylic acids is 1. The maximum atomic E-state index is 12.8. The lowest BCUT2D eigenvalue weighted by atomic mass is 9.60. The van der Waals surface area contributed by atoms with Gasteiger partial charge in [0, 0.05) is 11.0 Å². The molecule has 0 unspecified atom stereocenters. The van der Waals surface area contributed by atoms with E-state index in [-0.39, 0.29) is 28.4 Å². The van der Waals surface area contributed by atoms with Gasteiger partial charge in [-0.15, -0.1) is 0 Å². The second-order valence-corrected chi connectivity index (χ2v) is 7.33. The molecular formula is C20H20O5. The zero-order valence-corrected chi connectivity index (χ0v) is 14.6. The number of rotatable bonds is 0. The molecule has 0 saturated carbocycles. The highest BCUT2D eigenvalue weighted by atomic mass is 16.4. The molecule has 130 valence electrons. The molecule has 2 aliphatic carbocycles. The van der Waals surface area contributed by atoms with Crippen LogP contribution in [0.3, 0.4) is 0 Å². The Morgan fingerprint density at radius 3 is 2.56 bits per heavy atom. The van der Waals surface area contributed by atoms with E-state index in [0.717, 1.165) is 16.7 Å². The number of carbonyl (C=O) groups is 1. The molecule has 4 rings (SSSR count). The van der Waals surface area contributed by atoms with Gasteiger partial charge in [-0.3, -0.25) is 4.79 Å². The second kappa shape index (κ2) is 4.76. The van der Waals surface area contributed by atoms with E-state index in [4.69, 9.17) is 4.42 Å². The zero-order valence-electron chi connectivity index (χ0n) is 14.6. The fraction of sp³-hybridized carbons (Fsp3) is 0.350. The molecular weight excluding hydrogens is 320 g/mol. The average Bonchev–Trinajstić information content (AvgIpc) is 2.94. The molecule has 0 aliphatic heterocycles. The van der Waals surface area contributed by atoms with Crippen molar-refractivity contribution in [1.29, 1.82) is 0 Å². The van der Waals surface area contributed by atoms with Crippen molar-refractivity contribution in [3.8, 4) is 11.5 Å². The van der Waals surface area contributed by atoms with Crippen LogP contribution in [-0.4, -0.2) is 27.2 Å². The summed E-state index contributed by atoms with van der Waals surface area (Å²) in [7, 11) is 0. The quantitative estimate of drug-likeness (QED) is 0.637. The van der Waals surface area contributed by atoms with Crippen molar-refractivity contribution in [3.05, 3.63) is 45.7 Å². The third-order valence-electron chi connectivity index (χ3n) is 5.81. The van der Waals surface area contributed by atoms with E-state index in [1.807, 2.05) is 20.8 Å². The predicted molar refractivity (Wildman–Crippen MR) is 93.0 cm³/mol. The summed E-state index contributed by atoms with van der Waals surface area (Å²) in [5, 5.41) is 32.4. The van der Waals surface area contributed by atoms with Crippen molar-refractivity contribution < 1.29 is 24.5 Å². The van der Waals surface area contributed by atoms with Gasteiger partial charge in [-0.1, -0.05) is 6.92 Å². The molecule has 0 bridgehead atoms. The largest absolute Gasteiger partial charge is 0.506 e. The van der Waals surface area contributed by atoms with Crippen molar-refractivity contribution in [1.82, 2.24) is 0 Å². The molecule has 5 nitrogen and oxygen atoms in total. The number of phenols is 2. The fourth-order valence-electron chi connectivity index (χ4n) is 4.36. The number of aromatic hydroxyl groups is 2. The number of hydrogen-bond donors (Lipinski definition) is 3. The number of hydrogen-bond acceptors (Lipinski definition) is 5. The molecule has 2 aliphatic rings. The number of benzene rings is 1. The van der Waals surface area contributed by atoms with Crippen molar-refractivity contribution in [2.75, 3.05) is 0 Å². The van der Waals surface area contributed by atoms with Crippen molar-refractivity contribution in [2.45, 2.75) is 45.6 Å². The average molecular weight is 340 g/mol. The van der Waals surface area contributed by atoms with Gasteiger partial charge in [-0.05, 0) is 56.1 Å². The number of fused-ring (bicyclic) bond motifs is 4. The van der Waals surface area contributed by atoms with E-state index in [9.17, 15) is 20.1 Å². The van der Waals surface area contributed by atoms with Crippen molar-refractivity contribution in [2.24, 2.45) is 0 Å². The Labute approximate surface area is 144 Å². The van der Waals surface area contributed by atoms with Crippen LogP contribution >= 0.6 is 0 Å². The Morgan fingerprint density at radius 1 is 1.20 bits per heavy atom. The van der Waals surface area contributed by atoms with Crippen LogP contribution in [0.2, 0.25) is 0 Å². The zero-order chi connectivity index (χ0) is 18.3. The molecule has 5 heteroatoms. The maximum absolute atomic E-state index is 12.8. The molecule has 1 heterocycles. The SMILES string of the molecule is CC1=C(C)[C@H](O)C[C@@]2(C)C1=CC(=O)c1c2c(O)c2oc(C)cc2c1O. The van der Waals surface area contributed by atoms with Gasteiger partial charge in [0.05, 0.1) is 17.1 Å². The van der Waals surface area contributed by atoms with Crippen LogP contribution in [0.1, 0.15) is 48.9 Å². The van der Waals surface area contributed by atoms with Crippen LogP contribution in [0.4, 0.5) is 0 Å². The van der Waals surface area contributed by atoms with Gasteiger partial charge < -0.3 is 19.7 Å². The molecule has 25 heavy (non-hydrogen) atoms. The summed E-state index contributed by atoms with van der Waals surface area (Å²) in [4.78, 5) is 12.8. The van der Waals surface area contributed by atoms with Gasteiger partial charge in [-0.25, -0.2) is 0 Å². The molecule has 1 aromatic heterocycles. The molecule has 0 spiro atoms. The third-order valence-corrected chi connectivity index (χ3v) is 5.81. The van der Waals surface area contributed by atoms with Gasteiger partial charge in [-0.2, -0.15) is 0 Å². The highest BCUT2D eigenvalue weighted by Crippen LogP contribution is 2.55. The number of aliphatic hydroxyl groups is 1. The Hall–Kier alpha value is -2.53. The number of aliphatic hydroxyl groups excluding tert-OH is 1. The van der Waals surface area contributed by atoms with E-state index in [2.05, 4.69) is 0 Å². The van der Waals surface area contributed by atoms with Crippen LogP contribution in [0.25, 0.3) is 11.0 Å². The monoisotopic (exact) mass is 340 g/mol. The van der Waals surface area contributed by atoms with Gasteiger partial charge in [0.1, 0.15) is 11.5 Å². The van der Waals surface area contributed by atoms with Crippen molar-refractivity contribution >= 4 is 16.8 Å². The van der Waals surface area contributed by atoms with Crippen molar-refractivity contribution in [3.63, 3.8) is 0 Å². The van der Waals surface area contributed by atoms with E-state index in [1.54, 1.807) is 13.0 Å². The van der Waals surface area contributed by atoms with Crippen LogP contribution in [0.15, 0.2) is 33.3 Å². The Balaban J connectivity index is 2.15. The van der Waals surface area contributed by atoms with Gasteiger partial charge in [0.15, 0.2) is 17.1 Å². The summed E-state index contributed by atoms with van der Waals surface area (Å²) >= 11 is 0. The number of ketones is 1. The molecule has 2 aromatic rings. The summed E-state index contributed by atoms with van der Waals surface area (Å²) in [6, 6.07) is 1.60. The summed E-state index contributed by atoms with van der Waals surface area (Å²) in [6.07, 6.45) is 1.16. The first-order chi connectivity index (χ1) is 11.7. The molecule has 0 fully saturated rings. The lowest BCUT2D eigenvalue weighted by Gasteiger charge is -2.43. The van der Waals surface area contributed by atoms with Crippen LogP contribution < -0.4 is 0 Å². The van der Waals surface area contributed by atoms with Gasteiger partial charge >= 0.3 is 0 Å². The number of phenolic OH excluding ortho intramolecular Hbond substituents is 2. The Kier molecular flexibility index (Phi) is 3.04. The van der Waals surface area contributed by atoms with Gasteiger partial charge in [0.25, 0.3) is 0 Å². The molecule has 0 amide bonds. The normalized spacial score (nSPS) is 25.9. The van der Waals surface area contributed by atoms with E-state index in [0.29, 0.717) is 23.1 Å². The van der Waals surface area contributed by atoms with E-state index >= 15 is 0 Å². The topological polar surface area (TPSA) is 90.9 Å². The summed E-state index contributed by atoms with van der Waals surface area (Å²) in [5.74, 6) is -0.139. The molecule has 3 N–H and O–H groups in total. The highest BCUT2D eigenvalue weighted by molar-refractivity contribution is 6.15. The number of allylic oxidation sites excluding steroid dienone is 3. The highest BCUT2D eigenvalue weighted by Gasteiger charge is 2.47. The Morgan fingerprint density at radius 2 is 1.88 bits per heavy atom. The minimum Gasteiger partial charge on any atom is -0.506 e. The van der Waals surface area contributed by atoms with Crippen LogP contribution in [0, 0.1) is 6.92 Å². The first-order valence-corrected chi connectivity index (χ1v) is 8.27. The molecule has 1 aromatic carbocycles. The fourth-order valence-corrected chi connectivity index (χ4v) is 4.36.